The number of phenolic OH excluding ortho intramolecular Hbond substituents is 1. The van der Waals surface area contributed by atoms with Crippen LogP contribution in [0.3, 0.4) is 0 Å². The standard InChI is InChI=1S/C26H29F6N3O3/c1-15-9-16-10-19(36)3-4-20(16)24(34(15)14-26(30,31)32)23-21(28)11-18(12-22(23)29)35(25(37)38)17-5-8-33(13-17)7-2-6-27/h3-4,10-12,15,17,24,36H,2,5-9,13-14H2,1H3,(H,37,38)/t15-,17+,24+/m1/s1. The van der Waals surface area contributed by atoms with Gasteiger partial charge < -0.3 is 15.1 Å². The number of fused-ring (bicyclic) bond motifs is 1. The van der Waals surface area contributed by atoms with E-state index < -0.39 is 60.8 Å². The first-order valence-corrected chi connectivity index (χ1v) is 12.3. The molecule has 1 amide bonds. The Morgan fingerprint density at radius 2 is 1.84 bits per heavy atom. The van der Waals surface area contributed by atoms with Gasteiger partial charge in [0.25, 0.3) is 0 Å². The molecule has 2 aromatic rings. The van der Waals surface area contributed by atoms with E-state index in [0.717, 1.165) is 21.9 Å². The first kappa shape index (κ1) is 28.0. The molecule has 4 rings (SSSR count). The molecule has 2 aliphatic heterocycles. The van der Waals surface area contributed by atoms with Gasteiger partial charge in [0.1, 0.15) is 17.4 Å². The second kappa shape index (κ2) is 11.0. The molecule has 2 heterocycles. The summed E-state index contributed by atoms with van der Waals surface area (Å²) in [4.78, 5) is 15.8. The van der Waals surface area contributed by atoms with Gasteiger partial charge in [0, 0.05) is 31.2 Å². The molecule has 0 radical (unpaired) electrons. The van der Waals surface area contributed by atoms with Crippen LogP contribution >= 0.6 is 0 Å². The van der Waals surface area contributed by atoms with Crippen molar-refractivity contribution in [3.05, 3.63) is 58.7 Å². The second-order valence-corrected chi connectivity index (χ2v) is 9.89. The van der Waals surface area contributed by atoms with Crippen LogP contribution in [0.15, 0.2) is 30.3 Å². The van der Waals surface area contributed by atoms with Gasteiger partial charge in [-0.1, -0.05) is 6.07 Å². The fourth-order valence-corrected chi connectivity index (χ4v) is 5.64. The molecule has 2 aliphatic rings. The summed E-state index contributed by atoms with van der Waals surface area (Å²) >= 11 is 0. The lowest BCUT2D eigenvalue weighted by Crippen LogP contribution is -2.47. The highest BCUT2D eigenvalue weighted by molar-refractivity contribution is 5.87. The lowest BCUT2D eigenvalue weighted by atomic mass is 9.84. The molecule has 0 bridgehead atoms. The smallest absolute Gasteiger partial charge is 0.412 e. The number of benzene rings is 2. The van der Waals surface area contributed by atoms with Gasteiger partial charge in [0.15, 0.2) is 0 Å². The van der Waals surface area contributed by atoms with Gasteiger partial charge in [-0.05, 0) is 61.6 Å². The zero-order valence-corrected chi connectivity index (χ0v) is 20.7. The molecular weight excluding hydrogens is 516 g/mol. The van der Waals surface area contributed by atoms with E-state index in [1.807, 2.05) is 4.90 Å². The number of carboxylic acid groups (broad SMARTS) is 1. The molecule has 0 saturated carbocycles. The number of hydrogen-bond donors (Lipinski definition) is 2. The third-order valence-electron chi connectivity index (χ3n) is 7.24. The summed E-state index contributed by atoms with van der Waals surface area (Å²) in [5.74, 6) is -2.47. The van der Waals surface area contributed by atoms with Crippen LogP contribution in [0.4, 0.5) is 36.8 Å². The Labute approximate surface area is 216 Å². The van der Waals surface area contributed by atoms with E-state index in [-0.39, 0.29) is 36.4 Å². The Balaban J connectivity index is 1.75. The number of halogens is 6. The number of rotatable bonds is 7. The lowest BCUT2D eigenvalue weighted by Gasteiger charge is -2.42. The number of carbonyl (C=O) groups is 1. The lowest BCUT2D eigenvalue weighted by molar-refractivity contribution is -0.155. The average molecular weight is 546 g/mol. The summed E-state index contributed by atoms with van der Waals surface area (Å²) in [5, 5.41) is 19.7. The van der Waals surface area contributed by atoms with Crippen LogP contribution in [-0.4, -0.2) is 77.2 Å². The van der Waals surface area contributed by atoms with Crippen LogP contribution in [0.5, 0.6) is 5.75 Å². The quantitative estimate of drug-likeness (QED) is 0.451. The third-order valence-corrected chi connectivity index (χ3v) is 7.24. The van der Waals surface area contributed by atoms with Crippen molar-refractivity contribution in [2.75, 3.05) is 37.8 Å². The summed E-state index contributed by atoms with van der Waals surface area (Å²) in [7, 11) is 0. The van der Waals surface area contributed by atoms with Crippen molar-refractivity contribution in [3.8, 4) is 5.75 Å². The van der Waals surface area contributed by atoms with Crippen LogP contribution in [0.25, 0.3) is 0 Å². The molecule has 2 N–H and O–H groups in total. The van der Waals surface area contributed by atoms with Crippen LogP contribution in [0, 0.1) is 11.6 Å². The maximum absolute atomic E-state index is 15.7. The van der Waals surface area contributed by atoms with Gasteiger partial charge in [-0.2, -0.15) is 13.2 Å². The summed E-state index contributed by atoms with van der Waals surface area (Å²) in [5.41, 5.74) is -0.205. The number of alkyl halides is 4. The molecule has 0 aliphatic carbocycles. The number of amides is 1. The van der Waals surface area contributed by atoms with Crippen LogP contribution in [0.1, 0.15) is 42.5 Å². The number of phenols is 1. The van der Waals surface area contributed by atoms with Crippen molar-refractivity contribution in [1.29, 1.82) is 0 Å². The molecule has 0 unspecified atom stereocenters. The number of hydrogen-bond acceptors (Lipinski definition) is 4. The van der Waals surface area contributed by atoms with E-state index in [1.54, 1.807) is 0 Å². The molecule has 208 valence electrons. The molecule has 0 aromatic heterocycles. The maximum atomic E-state index is 15.7. The van der Waals surface area contributed by atoms with E-state index in [9.17, 15) is 32.6 Å². The minimum absolute atomic E-state index is 0.121. The molecule has 12 heteroatoms. The third kappa shape index (κ3) is 5.85. The minimum atomic E-state index is -4.65. The Kier molecular flexibility index (Phi) is 8.12. The largest absolute Gasteiger partial charge is 0.508 e. The summed E-state index contributed by atoms with van der Waals surface area (Å²) < 4.78 is 84.5. The highest BCUT2D eigenvalue weighted by atomic mass is 19.4. The van der Waals surface area contributed by atoms with Crippen molar-refractivity contribution in [2.45, 2.75) is 50.5 Å². The predicted molar refractivity (Wildman–Crippen MR) is 128 cm³/mol. The van der Waals surface area contributed by atoms with Gasteiger partial charge in [0.2, 0.25) is 0 Å². The summed E-state index contributed by atoms with van der Waals surface area (Å²) in [6.07, 6.45) is -5.29. The molecule has 1 fully saturated rings. The number of aromatic hydroxyl groups is 1. The summed E-state index contributed by atoms with van der Waals surface area (Å²) in [6.45, 7) is 0.747. The average Bonchev–Trinajstić information content (AvgIpc) is 3.26. The molecular formula is C26H29F6N3O3. The van der Waals surface area contributed by atoms with Crippen molar-refractivity contribution in [2.24, 2.45) is 0 Å². The molecule has 6 nitrogen and oxygen atoms in total. The topological polar surface area (TPSA) is 67.2 Å². The Bertz CT molecular complexity index is 1150. The zero-order valence-electron chi connectivity index (χ0n) is 20.7. The first-order chi connectivity index (χ1) is 17.9. The number of nitrogens with zero attached hydrogens (tertiary/aromatic N) is 3. The monoisotopic (exact) mass is 545 g/mol. The van der Waals surface area contributed by atoms with E-state index in [1.165, 1.54) is 25.1 Å². The minimum Gasteiger partial charge on any atom is -0.508 e. The van der Waals surface area contributed by atoms with Gasteiger partial charge in [-0.25, -0.2) is 13.6 Å². The van der Waals surface area contributed by atoms with Crippen LogP contribution in [0.2, 0.25) is 0 Å². The molecule has 2 aromatic carbocycles. The highest BCUT2D eigenvalue weighted by Gasteiger charge is 2.43. The van der Waals surface area contributed by atoms with Crippen LogP contribution in [-0.2, 0) is 6.42 Å². The number of anilines is 1. The fourth-order valence-electron chi connectivity index (χ4n) is 5.64. The molecule has 38 heavy (non-hydrogen) atoms. The van der Waals surface area contributed by atoms with E-state index >= 15 is 8.78 Å². The van der Waals surface area contributed by atoms with Crippen molar-refractivity contribution in [3.63, 3.8) is 0 Å². The highest BCUT2D eigenvalue weighted by Crippen LogP contribution is 2.43. The Morgan fingerprint density at radius 3 is 2.45 bits per heavy atom. The van der Waals surface area contributed by atoms with Crippen LogP contribution < -0.4 is 4.90 Å². The van der Waals surface area contributed by atoms with Gasteiger partial charge in [-0.3, -0.25) is 14.2 Å². The van der Waals surface area contributed by atoms with Gasteiger partial charge in [0.05, 0.1) is 31.0 Å². The predicted octanol–water partition coefficient (Wildman–Crippen LogP) is 5.49. The van der Waals surface area contributed by atoms with Gasteiger partial charge >= 0.3 is 12.3 Å². The van der Waals surface area contributed by atoms with Crippen molar-refractivity contribution in [1.82, 2.24) is 9.80 Å². The normalized spacial score (nSPS) is 22.4. The van der Waals surface area contributed by atoms with Gasteiger partial charge in [-0.15, -0.1) is 0 Å². The SMILES string of the molecule is C[C@@H]1Cc2cc(O)ccc2[C@@H](c2c(F)cc(N(C(=O)O)[C@H]3CCN(CCCF)C3)cc2F)N1CC(F)(F)F. The maximum Gasteiger partial charge on any atom is 0.412 e. The Morgan fingerprint density at radius 1 is 1.16 bits per heavy atom. The molecule has 1 saturated heterocycles. The first-order valence-electron chi connectivity index (χ1n) is 12.3. The fraction of sp³-hybridized carbons (Fsp3) is 0.500. The van der Waals surface area contributed by atoms with E-state index in [0.29, 0.717) is 25.1 Å². The van der Waals surface area contributed by atoms with E-state index in [2.05, 4.69) is 0 Å². The second-order valence-electron chi connectivity index (χ2n) is 9.89. The van der Waals surface area contributed by atoms with E-state index in [4.69, 9.17) is 0 Å². The van der Waals surface area contributed by atoms with Crippen molar-refractivity contribution < 1.29 is 41.4 Å². The number of likely N-dealkylation sites (tertiary alicyclic amines) is 1. The summed E-state index contributed by atoms with van der Waals surface area (Å²) in [6, 6.07) is 2.80. The Hall–Kier alpha value is -2.99. The zero-order chi connectivity index (χ0) is 27.8. The molecule has 3 atom stereocenters. The molecule has 0 spiro atoms. The van der Waals surface area contributed by atoms with Crippen molar-refractivity contribution >= 4 is 11.8 Å².